The Kier molecular flexibility index (Phi) is 2.73. The summed E-state index contributed by atoms with van der Waals surface area (Å²) in [5.74, 6) is -0.813. The number of carbonyl (C=O) groups is 1. The molecule has 0 aliphatic heterocycles. The van der Waals surface area contributed by atoms with Crippen LogP contribution in [0.25, 0.3) is 10.8 Å². The lowest BCUT2D eigenvalue weighted by atomic mass is 10.0. The van der Waals surface area contributed by atoms with Crippen molar-refractivity contribution in [3.05, 3.63) is 46.4 Å². The highest BCUT2D eigenvalue weighted by Crippen LogP contribution is 2.26. The average molecular weight is 265 g/mol. The van der Waals surface area contributed by atoms with Crippen molar-refractivity contribution in [1.29, 1.82) is 0 Å². The van der Waals surface area contributed by atoms with Crippen LogP contribution >= 0.6 is 15.9 Å². The molecule has 15 heavy (non-hydrogen) atoms. The van der Waals surface area contributed by atoms with E-state index >= 15 is 0 Å². The zero-order valence-corrected chi connectivity index (χ0v) is 9.49. The van der Waals surface area contributed by atoms with E-state index in [4.69, 9.17) is 5.11 Å². The van der Waals surface area contributed by atoms with Gasteiger partial charge in [-0.05, 0) is 22.4 Å². The Bertz CT molecular complexity index is 520. The smallest absolute Gasteiger partial charge is 0.307 e. The summed E-state index contributed by atoms with van der Waals surface area (Å²) in [6.07, 6.45) is 0.0436. The SMILES string of the molecule is O=C(O)Cc1c(Br)ccc2ccccc12. The molecule has 0 saturated carbocycles. The Morgan fingerprint density at radius 2 is 1.93 bits per heavy atom. The van der Waals surface area contributed by atoms with Crippen LogP contribution in [-0.2, 0) is 11.2 Å². The van der Waals surface area contributed by atoms with Crippen LogP contribution in [0, 0.1) is 0 Å². The van der Waals surface area contributed by atoms with Gasteiger partial charge in [-0.2, -0.15) is 0 Å². The van der Waals surface area contributed by atoms with Gasteiger partial charge in [0.25, 0.3) is 0 Å². The van der Waals surface area contributed by atoms with Crippen LogP contribution in [0.15, 0.2) is 40.9 Å². The third-order valence-electron chi connectivity index (χ3n) is 2.31. The molecule has 2 aromatic rings. The lowest BCUT2D eigenvalue weighted by Crippen LogP contribution is -2.01. The standard InChI is InChI=1S/C12H9BrO2/c13-11-6-5-8-3-1-2-4-9(8)10(11)7-12(14)15/h1-6H,7H2,(H,14,15). The summed E-state index contributed by atoms with van der Waals surface area (Å²) < 4.78 is 0.851. The minimum Gasteiger partial charge on any atom is -0.481 e. The first-order valence-electron chi connectivity index (χ1n) is 4.56. The van der Waals surface area contributed by atoms with Crippen LogP contribution in [0.5, 0.6) is 0 Å². The van der Waals surface area contributed by atoms with Gasteiger partial charge < -0.3 is 5.11 Å². The second-order valence-corrected chi connectivity index (χ2v) is 4.17. The molecule has 0 radical (unpaired) electrons. The van der Waals surface area contributed by atoms with Crippen LogP contribution in [0.2, 0.25) is 0 Å². The number of rotatable bonds is 2. The van der Waals surface area contributed by atoms with Crippen LogP contribution < -0.4 is 0 Å². The minimum atomic E-state index is -0.813. The summed E-state index contributed by atoms with van der Waals surface area (Å²) in [5, 5.41) is 10.9. The normalized spacial score (nSPS) is 10.5. The van der Waals surface area contributed by atoms with E-state index in [0.29, 0.717) is 0 Å². The van der Waals surface area contributed by atoms with Crippen molar-refractivity contribution >= 4 is 32.7 Å². The maximum absolute atomic E-state index is 10.7. The Balaban J connectivity index is 2.68. The molecule has 0 spiro atoms. The Morgan fingerprint density at radius 1 is 1.20 bits per heavy atom. The molecule has 0 atom stereocenters. The van der Waals surface area contributed by atoms with Crippen LogP contribution in [0.4, 0.5) is 0 Å². The quantitative estimate of drug-likeness (QED) is 0.905. The molecule has 3 heteroatoms. The maximum atomic E-state index is 10.7. The predicted molar refractivity (Wildman–Crippen MR) is 63.0 cm³/mol. The minimum absolute atomic E-state index is 0.0436. The van der Waals surface area contributed by atoms with Crippen molar-refractivity contribution in [2.24, 2.45) is 0 Å². The van der Waals surface area contributed by atoms with Crippen LogP contribution in [-0.4, -0.2) is 11.1 Å². The fourth-order valence-corrected chi connectivity index (χ4v) is 2.13. The molecule has 2 nitrogen and oxygen atoms in total. The summed E-state index contributed by atoms with van der Waals surface area (Å²) in [6.45, 7) is 0. The molecule has 0 heterocycles. The van der Waals surface area contributed by atoms with Gasteiger partial charge in [-0.1, -0.05) is 46.3 Å². The van der Waals surface area contributed by atoms with E-state index in [1.54, 1.807) is 0 Å². The largest absolute Gasteiger partial charge is 0.481 e. The van der Waals surface area contributed by atoms with E-state index in [9.17, 15) is 4.79 Å². The first-order chi connectivity index (χ1) is 7.18. The highest BCUT2D eigenvalue weighted by atomic mass is 79.9. The predicted octanol–water partition coefficient (Wildman–Crippen LogP) is 3.23. The topological polar surface area (TPSA) is 37.3 Å². The van der Waals surface area contributed by atoms with E-state index in [-0.39, 0.29) is 6.42 Å². The molecule has 0 aliphatic carbocycles. The van der Waals surface area contributed by atoms with E-state index in [1.807, 2.05) is 36.4 Å². The number of hydrogen-bond donors (Lipinski definition) is 1. The van der Waals surface area contributed by atoms with Crippen molar-refractivity contribution < 1.29 is 9.90 Å². The van der Waals surface area contributed by atoms with E-state index < -0.39 is 5.97 Å². The summed E-state index contributed by atoms with van der Waals surface area (Å²) >= 11 is 3.38. The number of aliphatic carboxylic acids is 1. The monoisotopic (exact) mass is 264 g/mol. The van der Waals surface area contributed by atoms with Crippen molar-refractivity contribution in [3.63, 3.8) is 0 Å². The number of fused-ring (bicyclic) bond motifs is 1. The molecule has 2 rings (SSSR count). The summed E-state index contributed by atoms with van der Waals surface area (Å²) in [6, 6.07) is 11.7. The Hall–Kier alpha value is -1.35. The van der Waals surface area contributed by atoms with Gasteiger partial charge in [-0.15, -0.1) is 0 Å². The molecule has 0 amide bonds. The molecule has 0 unspecified atom stereocenters. The number of benzene rings is 2. The van der Waals surface area contributed by atoms with Crippen molar-refractivity contribution in [2.45, 2.75) is 6.42 Å². The van der Waals surface area contributed by atoms with Gasteiger partial charge in [0, 0.05) is 4.47 Å². The third-order valence-corrected chi connectivity index (χ3v) is 3.05. The van der Waals surface area contributed by atoms with Crippen LogP contribution in [0.1, 0.15) is 5.56 Å². The molecule has 0 saturated heterocycles. The van der Waals surface area contributed by atoms with Gasteiger partial charge in [-0.3, -0.25) is 4.79 Å². The molecular formula is C12H9BrO2. The molecule has 1 N–H and O–H groups in total. The molecule has 0 aromatic heterocycles. The second kappa shape index (κ2) is 4.03. The Morgan fingerprint density at radius 3 is 2.67 bits per heavy atom. The van der Waals surface area contributed by atoms with Gasteiger partial charge in [0.2, 0.25) is 0 Å². The van der Waals surface area contributed by atoms with Gasteiger partial charge in [0.1, 0.15) is 0 Å². The highest BCUT2D eigenvalue weighted by Gasteiger charge is 2.08. The lowest BCUT2D eigenvalue weighted by Gasteiger charge is -2.06. The fraction of sp³-hybridized carbons (Fsp3) is 0.0833. The average Bonchev–Trinajstić information content (AvgIpc) is 2.22. The van der Waals surface area contributed by atoms with Crippen LogP contribution in [0.3, 0.4) is 0 Å². The highest BCUT2D eigenvalue weighted by molar-refractivity contribution is 9.10. The number of carboxylic acid groups (broad SMARTS) is 1. The van der Waals surface area contributed by atoms with Crippen molar-refractivity contribution in [3.8, 4) is 0 Å². The van der Waals surface area contributed by atoms with E-state index in [2.05, 4.69) is 15.9 Å². The number of carboxylic acids is 1. The second-order valence-electron chi connectivity index (χ2n) is 3.32. The zero-order chi connectivity index (χ0) is 10.8. The van der Waals surface area contributed by atoms with Crippen molar-refractivity contribution in [1.82, 2.24) is 0 Å². The van der Waals surface area contributed by atoms with Crippen molar-refractivity contribution in [2.75, 3.05) is 0 Å². The van der Waals surface area contributed by atoms with Gasteiger partial charge in [-0.25, -0.2) is 0 Å². The molecule has 0 fully saturated rings. The molecule has 0 bridgehead atoms. The first-order valence-corrected chi connectivity index (χ1v) is 5.35. The lowest BCUT2D eigenvalue weighted by molar-refractivity contribution is -0.136. The van der Waals surface area contributed by atoms with Gasteiger partial charge >= 0.3 is 5.97 Å². The van der Waals surface area contributed by atoms with Gasteiger partial charge in [0.05, 0.1) is 6.42 Å². The van der Waals surface area contributed by atoms with E-state index in [0.717, 1.165) is 20.8 Å². The Labute approximate surface area is 95.7 Å². The van der Waals surface area contributed by atoms with E-state index in [1.165, 1.54) is 0 Å². The maximum Gasteiger partial charge on any atom is 0.307 e. The molecule has 2 aromatic carbocycles. The number of halogens is 1. The summed E-state index contributed by atoms with van der Waals surface area (Å²) in [5.41, 5.74) is 0.834. The summed E-state index contributed by atoms with van der Waals surface area (Å²) in [4.78, 5) is 10.7. The molecule has 0 aliphatic rings. The molecule has 76 valence electrons. The third kappa shape index (κ3) is 2.02. The summed E-state index contributed by atoms with van der Waals surface area (Å²) in [7, 11) is 0. The fourth-order valence-electron chi connectivity index (χ4n) is 1.64. The zero-order valence-electron chi connectivity index (χ0n) is 7.90. The molecular weight excluding hydrogens is 256 g/mol. The number of hydrogen-bond acceptors (Lipinski definition) is 1. The van der Waals surface area contributed by atoms with Gasteiger partial charge in [0.15, 0.2) is 0 Å². The first kappa shape index (κ1) is 10.2.